The number of nitriles is 1. The van der Waals surface area contributed by atoms with Gasteiger partial charge in [-0.3, -0.25) is 0 Å². The first-order chi connectivity index (χ1) is 8.04. The fourth-order valence-electron chi connectivity index (χ4n) is 1.51. The minimum absolute atomic E-state index is 0.129. The van der Waals surface area contributed by atoms with Gasteiger partial charge in [0, 0.05) is 0 Å². The number of benzene rings is 1. The van der Waals surface area contributed by atoms with Gasteiger partial charge in [0.1, 0.15) is 16.6 Å². The van der Waals surface area contributed by atoms with Crippen molar-refractivity contribution >= 4 is 33.7 Å². The van der Waals surface area contributed by atoms with E-state index < -0.39 is 15.4 Å². The molecule has 0 aromatic heterocycles. The molecule has 17 heavy (non-hydrogen) atoms. The molecule has 5 nitrogen and oxygen atoms in total. The summed E-state index contributed by atoms with van der Waals surface area (Å²) in [6, 6.07) is 8.35. The van der Waals surface area contributed by atoms with Crippen LogP contribution in [0.5, 0.6) is 0 Å². The first-order valence-electron chi connectivity index (χ1n) is 4.74. The van der Waals surface area contributed by atoms with Crippen LogP contribution in [0, 0.1) is 11.3 Å². The maximum atomic E-state index is 11.7. The zero-order chi connectivity index (χ0) is 12.5. The molecule has 1 aliphatic rings. The number of para-hydroxylation sites is 1. The maximum Gasteiger partial charge on any atom is 0.285 e. The van der Waals surface area contributed by atoms with E-state index in [2.05, 4.69) is 4.40 Å². The summed E-state index contributed by atoms with van der Waals surface area (Å²) in [5.41, 5.74) is 0.489. The van der Waals surface area contributed by atoms with E-state index in [0.717, 1.165) is 0 Å². The molecular formula is C10H8ClN3O2S. The van der Waals surface area contributed by atoms with Gasteiger partial charge in [0.25, 0.3) is 10.0 Å². The third-order valence-corrected chi connectivity index (χ3v) is 3.78. The lowest BCUT2D eigenvalue weighted by Crippen LogP contribution is -2.32. The highest BCUT2D eigenvalue weighted by atomic mass is 35.5. The van der Waals surface area contributed by atoms with Gasteiger partial charge in [-0.15, -0.1) is 16.0 Å². The molecule has 0 amide bonds. The highest BCUT2D eigenvalue weighted by Crippen LogP contribution is 2.29. The normalized spacial score (nSPS) is 18.2. The van der Waals surface area contributed by atoms with Crippen LogP contribution in [-0.2, 0) is 10.0 Å². The maximum absolute atomic E-state index is 11.7. The topological polar surface area (TPSA) is 73.5 Å². The first kappa shape index (κ1) is 11.9. The Balaban J connectivity index is 2.45. The zero-order valence-electron chi connectivity index (χ0n) is 8.62. The van der Waals surface area contributed by atoms with Crippen LogP contribution in [0.15, 0.2) is 33.6 Å². The summed E-state index contributed by atoms with van der Waals surface area (Å²) in [7, 11) is -3.62. The number of nitrogens with zero attached hydrogens (tertiary/aromatic N) is 3. The molecule has 0 saturated carbocycles. The van der Waals surface area contributed by atoms with Crippen molar-refractivity contribution in [2.75, 3.05) is 11.4 Å². The van der Waals surface area contributed by atoms with Gasteiger partial charge in [0.15, 0.2) is 0 Å². The highest BCUT2D eigenvalue weighted by molar-refractivity contribution is 7.90. The summed E-state index contributed by atoms with van der Waals surface area (Å²) >= 11 is 5.72. The molecule has 0 bridgehead atoms. The average Bonchev–Trinajstić information content (AvgIpc) is 2.33. The standard InChI is InChI=1S/C10H8ClN3O2S/c11-8(5-12)6-14-7-13-17(15,16)10-4-2-1-3-9(10)14/h1-4,7-8H,6H2. The van der Waals surface area contributed by atoms with Gasteiger partial charge in [-0.25, -0.2) is 0 Å². The number of hydrogen-bond donors (Lipinski definition) is 0. The first-order valence-corrected chi connectivity index (χ1v) is 6.62. The lowest BCUT2D eigenvalue weighted by molar-refractivity contribution is 0.597. The van der Waals surface area contributed by atoms with Gasteiger partial charge in [0.05, 0.1) is 18.3 Å². The van der Waals surface area contributed by atoms with E-state index in [1.807, 2.05) is 6.07 Å². The van der Waals surface area contributed by atoms with Crippen LogP contribution in [0.2, 0.25) is 0 Å². The molecule has 0 fully saturated rings. The summed E-state index contributed by atoms with van der Waals surface area (Å²) < 4.78 is 26.8. The van der Waals surface area contributed by atoms with Gasteiger partial charge in [-0.1, -0.05) is 12.1 Å². The molecule has 0 saturated heterocycles. The van der Waals surface area contributed by atoms with Crippen molar-refractivity contribution in [3.05, 3.63) is 24.3 Å². The predicted octanol–water partition coefficient (Wildman–Crippen LogP) is 1.35. The molecular weight excluding hydrogens is 262 g/mol. The minimum Gasteiger partial charge on any atom is -0.328 e. The number of anilines is 1. The molecule has 2 rings (SSSR count). The van der Waals surface area contributed by atoms with E-state index in [1.54, 1.807) is 23.1 Å². The zero-order valence-corrected chi connectivity index (χ0v) is 10.2. The van der Waals surface area contributed by atoms with Crippen LogP contribution < -0.4 is 4.90 Å². The van der Waals surface area contributed by atoms with Crippen LogP contribution in [0.3, 0.4) is 0 Å². The average molecular weight is 270 g/mol. The molecule has 7 heteroatoms. The molecule has 1 atom stereocenters. The monoisotopic (exact) mass is 269 g/mol. The van der Waals surface area contributed by atoms with Crippen LogP contribution in [0.1, 0.15) is 0 Å². The molecule has 1 heterocycles. The van der Waals surface area contributed by atoms with Gasteiger partial charge >= 0.3 is 0 Å². The Hall–Kier alpha value is -1.58. The van der Waals surface area contributed by atoms with Crippen molar-refractivity contribution in [3.8, 4) is 6.07 Å². The second-order valence-electron chi connectivity index (χ2n) is 3.41. The number of rotatable bonds is 2. The minimum atomic E-state index is -3.62. The fourth-order valence-corrected chi connectivity index (χ4v) is 2.71. The van der Waals surface area contributed by atoms with Gasteiger partial charge < -0.3 is 4.90 Å². The van der Waals surface area contributed by atoms with Crippen molar-refractivity contribution < 1.29 is 8.42 Å². The third-order valence-electron chi connectivity index (χ3n) is 2.27. The second-order valence-corrected chi connectivity index (χ2v) is 5.54. The Labute approximate surface area is 104 Å². The third kappa shape index (κ3) is 2.25. The molecule has 1 aliphatic heterocycles. The van der Waals surface area contributed by atoms with Crippen LogP contribution in [-0.4, -0.2) is 26.7 Å². The molecule has 1 aromatic rings. The van der Waals surface area contributed by atoms with Crippen molar-refractivity contribution in [2.24, 2.45) is 4.40 Å². The second kappa shape index (κ2) is 4.35. The lowest BCUT2D eigenvalue weighted by Gasteiger charge is -2.25. The summed E-state index contributed by atoms with van der Waals surface area (Å²) in [5, 5.41) is 7.92. The Kier molecular flexibility index (Phi) is 3.05. The van der Waals surface area contributed by atoms with E-state index in [0.29, 0.717) is 5.69 Å². The summed E-state index contributed by atoms with van der Waals surface area (Å²) in [6.45, 7) is 0.189. The molecule has 1 unspecified atom stereocenters. The van der Waals surface area contributed by atoms with Crippen LogP contribution in [0.4, 0.5) is 5.69 Å². The van der Waals surface area contributed by atoms with Crippen LogP contribution in [0.25, 0.3) is 0 Å². The molecule has 1 aromatic carbocycles. The van der Waals surface area contributed by atoms with E-state index in [4.69, 9.17) is 16.9 Å². The highest BCUT2D eigenvalue weighted by Gasteiger charge is 2.25. The molecule has 0 spiro atoms. The van der Waals surface area contributed by atoms with Gasteiger partial charge in [-0.05, 0) is 12.1 Å². The Morgan fingerprint density at radius 1 is 1.47 bits per heavy atom. The van der Waals surface area contributed by atoms with E-state index in [-0.39, 0.29) is 11.4 Å². The smallest absolute Gasteiger partial charge is 0.285 e. The number of hydrogen-bond acceptors (Lipinski definition) is 4. The summed E-state index contributed by atoms with van der Waals surface area (Å²) in [4.78, 5) is 1.68. The van der Waals surface area contributed by atoms with Crippen molar-refractivity contribution in [3.63, 3.8) is 0 Å². The summed E-state index contributed by atoms with van der Waals surface area (Å²) in [5.74, 6) is 0. The predicted molar refractivity (Wildman–Crippen MR) is 64.7 cm³/mol. The Bertz CT molecular complexity index is 606. The van der Waals surface area contributed by atoms with Crippen LogP contribution >= 0.6 is 11.6 Å². The number of alkyl halides is 1. The SMILES string of the molecule is N#CC(Cl)CN1C=NS(=O)(=O)c2ccccc21. The van der Waals surface area contributed by atoms with Crippen molar-refractivity contribution in [2.45, 2.75) is 10.3 Å². The molecule has 0 radical (unpaired) electrons. The Morgan fingerprint density at radius 3 is 2.88 bits per heavy atom. The number of fused-ring (bicyclic) bond motifs is 1. The van der Waals surface area contributed by atoms with E-state index in [1.165, 1.54) is 12.4 Å². The van der Waals surface area contributed by atoms with E-state index in [9.17, 15) is 8.42 Å². The van der Waals surface area contributed by atoms with Crippen molar-refractivity contribution in [1.29, 1.82) is 5.26 Å². The lowest BCUT2D eigenvalue weighted by atomic mass is 10.3. The van der Waals surface area contributed by atoms with Gasteiger partial charge in [0.2, 0.25) is 0 Å². The molecule has 88 valence electrons. The molecule has 0 N–H and O–H groups in total. The number of halogens is 1. The Morgan fingerprint density at radius 2 is 2.18 bits per heavy atom. The largest absolute Gasteiger partial charge is 0.328 e. The summed E-state index contributed by atoms with van der Waals surface area (Å²) in [6.07, 6.45) is 1.18. The fraction of sp³-hybridized carbons (Fsp3) is 0.200. The van der Waals surface area contributed by atoms with E-state index >= 15 is 0 Å². The van der Waals surface area contributed by atoms with Crippen molar-refractivity contribution in [1.82, 2.24) is 0 Å². The quantitative estimate of drug-likeness (QED) is 0.760. The number of sulfonamides is 1. The molecule has 0 aliphatic carbocycles. The van der Waals surface area contributed by atoms with Gasteiger partial charge in [-0.2, -0.15) is 13.7 Å².